The number of carbonyl (C=O) groups is 1. The highest BCUT2D eigenvalue weighted by molar-refractivity contribution is 5.98. The minimum atomic E-state index is -5.03. The molecule has 0 bridgehead atoms. The number of amides is 1. The molecule has 0 unspecified atom stereocenters. The van der Waals surface area contributed by atoms with Crippen LogP contribution in [0, 0.1) is 0 Å². The molecule has 8 heteroatoms. The van der Waals surface area contributed by atoms with E-state index >= 15 is 0 Å². The van der Waals surface area contributed by atoms with E-state index in [1.54, 1.807) is 0 Å². The standard InChI is InChI=1S/C15H17F3N2O3/c1-2-3-4-11-9-14(23,15(16,17)18)20(19-11)13(22)10-5-7-12(21)8-6-10/h5-8,21,23H,2-4,9H2,1H3/t14-/m1/s1. The molecule has 1 amide bonds. The van der Waals surface area contributed by atoms with E-state index in [9.17, 15) is 28.2 Å². The number of hydrogen-bond donors (Lipinski definition) is 2. The largest absolute Gasteiger partial charge is 0.508 e. The van der Waals surface area contributed by atoms with Crippen molar-refractivity contribution in [1.82, 2.24) is 5.01 Å². The van der Waals surface area contributed by atoms with Gasteiger partial charge in [-0.1, -0.05) is 13.3 Å². The fraction of sp³-hybridized carbons (Fsp3) is 0.467. The number of nitrogens with zero attached hydrogens (tertiary/aromatic N) is 2. The summed E-state index contributed by atoms with van der Waals surface area (Å²) in [5, 5.41) is 23.1. The van der Waals surface area contributed by atoms with Crippen LogP contribution in [-0.2, 0) is 0 Å². The summed E-state index contributed by atoms with van der Waals surface area (Å²) in [5.41, 5.74) is -3.31. The van der Waals surface area contributed by atoms with E-state index in [1.807, 2.05) is 6.92 Å². The molecule has 1 aromatic rings. The van der Waals surface area contributed by atoms with E-state index < -0.39 is 24.2 Å². The van der Waals surface area contributed by atoms with Crippen molar-refractivity contribution in [2.45, 2.75) is 44.5 Å². The Hall–Kier alpha value is -2.09. The summed E-state index contributed by atoms with van der Waals surface area (Å²) in [6.45, 7) is 1.88. The van der Waals surface area contributed by atoms with Crippen LogP contribution < -0.4 is 0 Å². The summed E-state index contributed by atoms with van der Waals surface area (Å²) in [4.78, 5) is 12.3. The van der Waals surface area contributed by atoms with Crippen LogP contribution >= 0.6 is 0 Å². The first-order valence-electron chi connectivity index (χ1n) is 7.18. The van der Waals surface area contributed by atoms with Gasteiger partial charge in [0.1, 0.15) is 5.75 Å². The van der Waals surface area contributed by atoms with E-state index in [2.05, 4.69) is 5.10 Å². The summed E-state index contributed by atoms with van der Waals surface area (Å²) in [7, 11) is 0. The average molecular weight is 330 g/mol. The minimum Gasteiger partial charge on any atom is -0.508 e. The van der Waals surface area contributed by atoms with Gasteiger partial charge in [0.2, 0.25) is 0 Å². The SMILES string of the molecule is CCCCC1=NN(C(=O)c2ccc(O)cc2)[C@](O)(C(F)(F)F)C1. The van der Waals surface area contributed by atoms with Gasteiger partial charge in [-0.05, 0) is 37.1 Å². The monoisotopic (exact) mass is 330 g/mol. The Morgan fingerprint density at radius 1 is 1.35 bits per heavy atom. The molecular formula is C15H17F3N2O3. The maximum Gasteiger partial charge on any atom is 0.438 e. The van der Waals surface area contributed by atoms with Crippen molar-refractivity contribution in [3.8, 4) is 5.75 Å². The fourth-order valence-corrected chi connectivity index (χ4v) is 2.30. The van der Waals surface area contributed by atoms with Crippen LogP contribution in [0.3, 0.4) is 0 Å². The zero-order valence-corrected chi connectivity index (χ0v) is 12.5. The van der Waals surface area contributed by atoms with Crippen LogP contribution in [0.15, 0.2) is 29.4 Å². The number of alkyl halides is 3. The predicted octanol–water partition coefficient (Wildman–Crippen LogP) is 3.04. The van der Waals surface area contributed by atoms with Crippen molar-refractivity contribution >= 4 is 11.6 Å². The second-order valence-corrected chi connectivity index (χ2v) is 5.42. The Bertz CT molecular complexity index is 613. The van der Waals surface area contributed by atoms with Crippen molar-refractivity contribution in [2.75, 3.05) is 0 Å². The Morgan fingerprint density at radius 2 is 1.96 bits per heavy atom. The molecule has 0 aromatic heterocycles. The van der Waals surface area contributed by atoms with E-state index in [4.69, 9.17) is 0 Å². The number of halogens is 3. The van der Waals surface area contributed by atoms with Crippen LogP contribution in [0.2, 0.25) is 0 Å². The molecule has 0 saturated heterocycles. The van der Waals surface area contributed by atoms with Gasteiger partial charge in [-0.15, -0.1) is 0 Å². The molecule has 0 saturated carbocycles. The lowest BCUT2D eigenvalue weighted by Gasteiger charge is -2.32. The summed E-state index contributed by atoms with van der Waals surface area (Å²) in [6.07, 6.45) is -4.12. The topological polar surface area (TPSA) is 73.1 Å². The van der Waals surface area contributed by atoms with Crippen molar-refractivity contribution in [1.29, 1.82) is 0 Å². The Kier molecular flexibility index (Phi) is 4.65. The van der Waals surface area contributed by atoms with Gasteiger partial charge in [-0.2, -0.15) is 23.3 Å². The first-order chi connectivity index (χ1) is 10.7. The van der Waals surface area contributed by atoms with Gasteiger partial charge < -0.3 is 10.2 Å². The first-order valence-corrected chi connectivity index (χ1v) is 7.18. The zero-order valence-electron chi connectivity index (χ0n) is 12.5. The number of phenols is 1. The van der Waals surface area contributed by atoms with E-state index in [0.29, 0.717) is 6.42 Å². The number of carbonyl (C=O) groups excluding carboxylic acids is 1. The molecular weight excluding hydrogens is 313 g/mol. The van der Waals surface area contributed by atoms with Crippen LogP contribution in [0.1, 0.15) is 43.0 Å². The van der Waals surface area contributed by atoms with Gasteiger partial charge in [-0.25, -0.2) is 0 Å². The molecule has 23 heavy (non-hydrogen) atoms. The molecule has 1 atom stereocenters. The molecule has 1 heterocycles. The summed E-state index contributed by atoms with van der Waals surface area (Å²) < 4.78 is 39.8. The highest BCUT2D eigenvalue weighted by Gasteiger charge is 2.63. The van der Waals surface area contributed by atoms with Gasteiger partial charge in [0, 0.05) is 17.7 Å². The van der Waals surface area contributed by atoms with E-state index in [0.717, 1.165) is 6.42 Å². The van der Waals surface area contributed by atoms with Crippen molar-refractivity contribution in [3.05, 3.63) is 29.8 Å². The molecule has 0 spiro atoms. The van der Waals surface area contributed by atoms with Crippen LogP contribution in [0.4, 0.5) is 13.2 Å². The lowest BCUT2D eigenvalue weighted by atomic mass is 10.0. The smallest absolute Gasteiger partial charge is 0.438 e. The maximum atomic E-state index is 13.3. The lowest BCUT2D eigenvalue weighted by Crippen LogP contribution is -2.56. The third-order valence-electron chi connectivity index (χ3n) is 3.62. The summed E-state index contributed by atoms with van der Waals surface area (Å²) >= 11 is 0. The van der Waals surface area contributed by atoms with Gasteiger partial charge >= 0.3 is 6.18 Å². The quantitative estimate of drug-likeness (QED) is 0.891. The second kappa shape index (κ2) is 6.19. The van der Waals surface area contributed by atoms with Crippen molar-refractivity contribution < 1.29 is 28.2 Å². The zero-order chi connectivity index (χ0) is 17.3. The number of aliphatic hydroxyl groups is 1. The highest BCUT2D eigenvalue weighted by atomic mass is 19.4. The first kappa shape index (κ1) is 17.3. The average Bonchev–Trinajstić information content (AvgIpc) is 2.83. The molecule has 0 fully saturated rings. The second-order valence-electron chi connectivity index (χ2n) is 5.42. The third-order valence-corrected chi connectivity index (χ3v) is 3.62. The molecule has 1 aliphatic rings. The predicted molar refractivity (Wildman–Crippen MR) is 76.9 cm³/mol. The molecule has 2 rings (SSSR count). The Balaban J connectivity index is 2.35. The highest BCUT2D eigenvalue weighted by Crippen LogP contribution is 2.41. The number of aromatic hydroxyl groups is 1. The van der Waals surface area contributed by atoms with E-state index in [1.165, 1.54) is 24.3 Å². The number of phenolic OH excluding ortho intramolecular Hbond substituents is 1. The fourth-order valence-electron chi connectivity index (χ4n) is 2.30. The molecule has 0 radical (unpaired) electrons. The number of unbranched alkanes of at least 4 members (excludes halogenated alkanes) is 1. The van der Waals surface area contributed by atoms with Crippen LogP contribution in [-0.4, -0.2) is 38.7 Å². The van der Waals surface area contributed by atoms with Crippen LogP contribution in [0.25, 0.3) is 0 Å². The molecule has 5 nitrogen and oxygen atoms in total. The number of hydrazone groups is 1. The lowest BCUT2D eigenvalue weighted by molar-refractivity contribution is -0.297. The number of benzene rings is 1. The van der Waals surface area contributed by atoms with Gasteiger partial charge in [0.25, 0.3) is 11.6 Å². The third kappa shape index (κ3) is 3.31. The normalized spacial score (nSPS) is 21.4. The molecule has 0 aliphatic carbocycles. The Morgan fingerprint density at radius 3 is 2.48 bits per heavy atom. The summed E-state index contributed by atoms with van der Waals surface area (Å²) in [5.74, 6) is -1.20. The van der Waals surface area contributed by atoms with Gasteiger partial charge in [0.15, 0.2) is 0 Å². The van der Waals surface area contributed by atoms with Crippen molar-refractivity contribution in [3.63, 3.8) is 0 Å². The minimum absolute atomic E-state index is 0.102. The number of hydrogen-bond acceptors (Lipinski definition) is 4. The molecule has 126 valence electrons. The van der Waals surface area contributed by atoms with E-state index in [-0.39, 0.29) is 28.5 Å². The summed E-state index contributed by atoms with van der Waals surface area (Å²) in [6, 6.07) is 4.71. The van der Waals surface area contributed by atoms with Gasteiger partial charge in [-0.3, -0.25) is 4.79 Å². The van der Waals surface area contributed by atoms with Crippen LogP contribution in [0.5, 0.6) is 5.75 Å². The number of rotatable bonds is 4. The molecule has 1 aromatic carbocycles. The molecule has 2 N–H and O–H groups in total. The molecule has 1 aliphatic heterocycles. The Labute approximate surface area is 131 Å². The van der Waals surface area contributed by atoms with Crippen molar-refractivity contribution in [2.24, 2.45) is 5.10 Å². The van der Waals surface area contributed by atoms with Gasteiger partial charge in [0.05, 0.1) is 0 Å². The maximum absolute atomic E-state index is 13.3.